The summed E-state index contributed by atoms with van der Waals surface area (Å²) in [6.07, 6.45) is -0.316. The van der Waals surface area contributed by atoms with Gasteiger partial charge in [-0.2, -0.15) is 0 Å². The molecule has 19 nitrogen and oxygen atoms in total. The van der Waals surface area contributed by atoms with E-state index in [0.29, 0.717) is 76.5 Å². The van der Waals surface area contributed by atoms with Crippen molar-refractivity contribution in [3.05, 3.63) is 0 Å². The smallest absolute Gasteiger partial charge is 0.410 e. The minimum Gasteiger partial charge on any atom is -0.448 e. The third kappa shape index (κ3) is 61.8. The van der Waals surface area contributed by atoms with Crippen molar-refractivity contribution in [2.24, 2.45) is 0 Å². The highest BCUT2D eigenvalue weighted by molar-refractivity contribution is 5.69. The van der Waals surface area contributed by atoms with Gasteiger partial charge in [0.15, 0.2) is 0 Å². The van der Waals surface area contributed by atoms with Crippen LogP contribution in [0.4, 0.5) is 4.79 Å². The minimum atomic E-state index is -0.316. The lowest BCUT2D eigenvalue weighted by molar-refractivity contribution is -0.890. The van der Waals surface area contributed by atoms with E-state index in [-0.39, 0.29) is 72.2 Å². The van der Waals surface area contributed by atoms with Gasteiger partial charge in [0.1, 0.15) is 19.7 Å². The largest absolute Gasteiger partial charge is 0.448 e. The number of carbonyl (C=O) groups is 1. The molecule has 2 aliphatic rings. The van der Waals surface area contributed by atoms with E-state index < -0.39 is 0 Å². The molecule has 0 spiro atoms. The molecule has 0 aromatic rings. The van der Waals surface area contributed by atoms with Crippen LogP contribution in [0.5, 0.6) is 0 Å². The maximum Gasteiger partial charge on any atom is 0.410 e. The van der Waals surface area contributed by atoms with Crippen molar-refractivity contribution in [2.75, 3.05) is 200 Å². The summed E-state index contributed by atoms with van der Waals surface area (Å²) >= 11 is 0. The molecule has 0 radical (unpaired) electrons. The zero-order valence-corrected chi connectivity index (χ0v) is 31.9. The zero-order chi connectivity index (χ0) is 39.5. The van der Waals surface area contributed by atoms with Crippen LogP contribution in [0.25, 0.3) is 0 Å². The molecule has 19 heteroatoms. The number of rotatable bonds is 20. The Hall–Kier alpha value is -1.37. The van der Waals surface area contributed by atoms with Crippen molar-refractivity contribution in [1.82, 2.24) is 24.9 Å². The number of quaternary nitrogens is 1. The number of hydrogen-bond donors (Lipinski definition) is 11. The Bertz CT molecular complexity index is 591. The number of amides is 1. The molecule has 50 heavy (non-hydrogen) atoms. The Balaban J connectivity index is -0.000000160. The van der Waals surface area contributed by atoms with E-state index in [2.05, 4.69) is 14.8 Å². The second kappa shape index (κ2) is 47.6. The van der Waals surface area contributed by atoms with Gasteiger partial charge in [-0.25, -0.2) is 4.79 Å². The fourth-order valence-electron chi connectivity index (χ4n) is 2.79. The van der Waals surface area contributed by atoms with Crippen molar-refractivity contribution >= 4 is 6.09 Å². The molecule has 0 bridgehead atoms. The second-order valence-electron chi connectivity index (χ2n) is 11.5. The summed E-state index contributed by atoms with van der Waals surface area (Å²) in [4.78, 5) is 17.7. The number of aliphatic hydroxyl groups excluding tert-OH is 10. The molecule has 2 fully saturated rings. The molecule has 0 aliphatic carbocycles. The molecule has 0 aromatic heterocycles. The predicted octanol–water partition coefficient (Wildman–Crippen LogP) is -5.60. The van der Waals surface area contributed by atoms with Gasteiger partial charge in [0.25, 0.3) is 0 Å². The van der Waals surface area contributed by atoms with E-state index in [1.165, 1.54) is 4.90 Å². The van der Waals surface area contributed by atoms with Gasteiger partial charge in [0, 0.05) is 52.4 Å². The summed E-state index contributed by atoms with van der Waals surface area (Å²) in [6, 6.07) is 0. The van der Waals surface area contributed by atoms with Crippen LogP contribution in [0.2, 0.25) is 0 Å². The van der Waals surface area contributed by atoms with Crippen LogP contribution in [0.15, 0.2) is 0 Å². The van der Waals surface area contributed by atoms with E-state index in [1.807, 2.05) is 57.0 Å². The molecule has 1 amide bonds. The number of carbonyl (C=O) groups excluding carboxylic acids is 1. The molecule has 2 aliphatic heterocycles. The van der Waals surface area contributed by atoms with Crippen molar-refractivity contribution in [1.29, 1.82) is 0 Å². The zero-order valence-electron chi connectivity index (χ0n) is 31.9. The lowest BCUT2D eigenvalue weighted by Gasteiger charge is -2.27. The monoisotopic (exact) mass is 742 g/mol. The first-order valence-corrected chi connectivity index (χ1v) is 16.9. The molecule has 0 saturated carbocycles. The SMILES string of the molecule is C1CO1.CN(C)CCO.CN(CCO)CCO.CN(CCO)CCO.C[N+](C)(CCO)CCO.O=C1OCCN1CCO.OCCNCCO. The quantitative estimate of drug-likeness (QED) is 0.0316. The van der Waals surface area contributed by atoms with Crippen LogP contribution in [0.1, 0.15) is 0 Å². The van der Waals surface area contributed by atoms with Gasteiger partial charge in [0.05, 0.1) is 99.9 Å². The van der Waals surface area contributed by atoms with E-state index in [1.54, 1.807) is 0 Å². The molecule has 0 unspecified atom stereocenters. The van der Waals surface area contributed by atoms with Gasteiger partial charge in [-0.1, -0.05) is 0 Å². The van der Waals surface area contributed by atoms with Gasteiger partial charge in [0.2, 0.25) is 0 Å². The summed E-state index contributed by atoms with van der Waals surface area (Å²) in [6.45, 7) is 10.9. The second-order valence-corrected chi connectivity index (χ2v) is 11.5. The van der Waals surface area contributed by atoms with Crippen molar-refractivity contribution in [2.45, 2.75) is 0 Å². The van der Waals surface area contributed by atoms with Crippen LogP contribution in [-0.2, 0) is 9.47 Å². The van der Waals surface area contributed by atoms with Crippen LogP contribution in [0, 0.1) is 0 Å². The van der Waals surface area contributed by atoms with E-state index in [0.717, 1.165) is 19.8 Å². The molecular formula is C31H77N6O13+. The van der Waals surface area contributed by atoms with Crippen molar-refractivity contribution in [3.63, 3.8) is 0 Å². The van der Waals surface area contributed by atoms with Gasteiger partial charge in [-0.3, -0.25) is 0 Å². The first-order valence-electron chi connectivity index (χ1n) is 16.9. The van der Waals surface area contributed by atoms with Crippen molar-refractivity contribution < 1.29 is 69.8 Å². The number of cyclic esters (lactones) is 1. The Kier molecular flexibility index (Phi) is 55.2. The maximum absolute atomic E-state index is 10.6. The molecule has 0 atom stereocenters. The lowest BCUT2D eigenvalue weighted by atomic mass is 10.4. The fourth-order valence-corrected chi connectivity index (χ4v) is 2.79. The summed E-state index contributed by atoms with van der Waals surface area (Å²) in [5, 5.41) is 86.1. The highest BCUT2D eigenvalue weighted by Crippen LogP contribution is 2.00. The molecule has 2 saturated heterocycles. The van der Waals surface area contributed by atoms with E-state index in [4.69, 9.17) is 51.1 Å². The molecular weight excluding hydrogens is 664 g/mol. The average Bonchev–Trinajstić information content (AvgIpc) is 3.88. The predicted molar refractivity (Wildman–Crippen MR) is 193 cm³/mol. The van der Waals surface area contributed by atoms with Crippen molar-refractivity contribution in [3.8, 4) is 0 Å². The van der Waals surface area contributed by atoms with Crippen LogP contribution < -0.4 is 5.32 Å². The summed E-state index contributed by atoms with van der Waals surface area (Å²) in [5.41, 5.74) is 0. The number of aliphatic hydroxyl groups is 10. The first kappa shape index (κ1) is 58.0. The van der Waals surface area contributed by atoms with Crippen LogP contribution in [-0.4, -0.2) is 281 Å². The fraction of sp³-hybridized carbons (Fsp3) is 0.968. The molecule has 308 valence electrons. The highest BCUT2D eigenvalue weighted by Gasteiger charge is 2.20. The van der Waals surface area contributed by atoms with E-state index >= 15 is 0 Å². The number of nitrogens with one attached hydrogen (secondary N) is 1. The normalized spacial score (nSPS) is 12.8. The molecule has 2 heterocycles. The Labute approximate surface area is 301 Å². The summed E-state index contributed by atoms with van der Waals surface area (Å²) in [7, 11) is 11.5. The lowest BCUT2D eigenvalue weighted by Crippen LogP contribution is -2.43. The topological polar surface area (TPSA) is 266 Å². The minimum absolute atomic E-state index is 0.00903. The summed E-state index contributed by atoms with van der Waals surface area (Å²) in [5.74, 6) is 0. The van der Waals surface area contributed by atoms with Crippen LogP contribution >= 0.6 is 0 Å². The van der Waals surface area contributed by atoms with E-state index in [9.17, 15) is 4.79 Å². The molecule has 11 N–H and O–H groups in total. The first-order chi connectivity index (χ1) is 23.8. The van der Waals surface area contributed by atoms with Gasteiger partial charge >= 0.3 is 6.09 Å². The standard InChI is InChI=1S/C6H16NO2.C5H9NO3.2C5H13NO2.C4H11NO2.C4H11NO.C2H4O/c1-7(2,3-5-8)4-6-9;7-3-1-6-2-4-9-5(6)8;2*1-6(2-4-7)3-5-8;6-3-1-5-2-4-7;1-5(2)3-4-6;1-2-3-1/h8-9H,3-6H2,1-2H3;7H,1-4H2;2*7-8H,2-5H2,1H3;5-7H,1-4H2;6H,3-4H2,1-2H3;1-2H2/q+1;;;;;;. The number of likely N-dealkylation sites (N-methyl/N-ethyl adjacent to an activating group) is 4. The number of epoxide rings is 1. The maximum atomic E-state index is 10.6. The van der Waals surface area contributed by atoms with Gasteiger partial charge in [-0.15, -0.1) is 0 Å². The third-order valence-electron chi connectivity index (χ3n) is 5.88. The Morgan fingerprint density at radius 1 is 0.600 bits per heavy atom. The Morgan fingerprint density at radius 3 is 1.18 bits per heavy atom. The summed E-state index contributed by atoms with van der Waals surface area (Å²) < 4.78 is 9.78. The Morgan fingerprint density at radius 2 is 0.980 bits per heavy atom. The van der Waals surface area contributed by atoms with Gasteiger partial charge < -0.3 is 89.9 Å². The number of ether oxygens (including phenoxy) is 2. The number of hydrogen-bond acceptors (Lipinski definition) is 17. The molecule has 2 rings (SSSR count). The number of β-amino-alcohol motifs (C(OH)–C–C–N with tert-alkyl or cyclic N) is 1. The van der Waals surface area contributed by atoms with Gasteiger partial charge in [-0.05, 0) is 28.2 Å². The third-order valence-corrected chi connectivity index (χ3v) is 5.88. The molecule has 0 aromatic carbocycles. The average molecular weight is 742 g/mol. The highest BCUT2D eigenvalue weighted by atomic mass is 16.6. The number of nitrogens with zero attached hydrogens (tertiary/aromatic N) is 5. The van der Waals surface area contributed by atoms with Crippen LogP contribution in [0.3, 0.4) is 0 Å².